The Morgan fingerprint density at radius 2 is 2.15 bits per heavy atom. The zero-order chi connectivity index (χ0) is 14.5. The van der Waals surface area contributed by atoms with Gasteiger partial charge in [-0.05, 0) is 31.2 Å². The highest BCUT2D eigenvalue weighted by Gasteiger charge is 2.23. The molecule has 1 atom stereocenters. The van der Waals surface area contributed by atoms with Crippen molar-refractivity contribution in [3.63, 3.8) is 0 Å². The van der Waals surface area contributed by atoms with E-state index in [9.17, 15) is 5.11 Å². The summed E-state index contributed by atoms with van der Waals surface area (Å²) in [5.41, 5.74) is 1.08. The van der Waals surface area contributed by atoms with Crippen LogP contribution in [0.15, 0.2) is 18.2 Å². The molecular weight excluding hydrogens is 256 g/mol. The Balaban J connectivity index is 1.97. The molecule has 0 unspecified atom stereocenters. The Labute approximate surface area is 120 Å². The SMILES string of the molecule is COc1ccc(CN2CCN(C)[C@H](CCO)C2)cc1O. The van der Waals surface area contributed by atoms with Crippen molar-refractivity contribution in [2.24, 2.45) is 0 Å². The van der Waals surface area contributed by atoms with Crippen molar-refractivity contribution in [1.29, 1.82) is 0 Å². The highest BCUT2D eigenvalue weighted by Crippen LogP contribution is 2.27. The monoisotopic (exact) mass is 280 g/mol. The molecule has 0 saturated carbocycles. The molecule has 5 nitrogen and oxygen atoms in total. The molecule has 0 amide bonds. The fourth-order valence-electron chi connectivity index (χ4n) is 2.71. The number of aromatic hydroxyl groups is 1. The first kappa shape index (κ1) is 15.1. The van der Waals surface area contributed by atoms with Crippen LogP contribution in [0.4, 0.5) is 0 Å². The third kappa shape index (κ3) is 3.62. The van der Waals surface area contributed by atoms with Crippen LogP contribution in [0.5, 0.6) is 11.5 Å². The highest BCUT2D eigenvalue weighted by atomic mass is 16.5. The van der Waals surface area contributed by atoms with Gasteiger partial charge < -0.3 is 19.8 Å². The molecule has 0 spiro atoms. The van der Waals surface area contributed by atoms with E-state index in [1.165, 1.54) is 0 Å². The zero-order valence-electron chi connectivity index (χ0n) is 12.2. The molecule has 0 bridgehead atoms. The van der Waals surface area contributed by atoms with Gasteiger partial charge in [-0.25, -0.2) is 0 Å². The highest BCUT2D eigenvalue weighted by molar-refractivity contribution is 5.41. The third-order valence-electron chi connectivity index (χ3n) is 3.97. The molecule has 0 aliphatic carbocycles. The van der Waals surface area contributed by atoms with E-state index in [1.54, 1.807) is 19.2 Å². The number of hydrogen-bond donors (Lipinski definition) is 2. The molecule has 1 aromatic carbocycles. The lowest BCUT2D eigenvalue weighted by Gasteiger charge is -2.39. The lowest BCUT2D eigenvalue weighted by Crippen LogP contribution is -2.51. The average Bonchev–Trinajstić information content (AvgIpc) is 2.43. The van der Waals surface area contributed by atoms with E-state index < -0.39 is 0 Å². The minimum absolute atomic E-state index is 0.186. The van der Waals surface area contributed by atoms with Gasteiger partial charge in [0.05, 0.1) is 7.11 Å². The second kappa shape index (κ2) is 6.92. The molecule has 0 radical (unpaired) electrons. The molecule has 1 aliphatic rings. The van der Waals surface area contributed by atoms with Crippen molar-refractivity contribution in [2.75, 3.05) is 40.4 Å². The predicted octanol–water partition coefficient (Wildman–Crippen LogP) is 0.899. The fourth-order valence-corrected chi connectivity index (χ4v) is 2.71. The zero-order valence-corrected chi connectivity index (χ0v) is 12.2. The second-order valence-electron chi connectivity index (χ2n) is 5.39. The molecule has 1 fully saturated rings. The van der Waals surface area contributed by atoms with E-state index in [0.717, 1.165) is 38.2 Å². The van der Waals surface area contributed by atoms with Gasteiger partial charge in [0.25, 0.3) is 0 Å². The maximum atomic E-state index is 9.81. The van der Waals surface area contributed by atoms with Gasteiger partial charge in [-0.2, -0.15) is 0 Å². The minimum atomic E-state index is 0.186. The number of likely N-dealkylation sites (N-methyl/N-ethyl adjacent to an activating group) is 1. The molecule has 0 aromatic heterocycles. The van der Waals surface area contributed by atoms with Crippen LogP contribution in [0.2, 0.25) is 0 Å². The first-order valence-electron chi connectivity index (χ1n) is 7.03. The predicted molar refractivity (Wildman–Crippen MR) is 78.1 cm³/mol. The number of aliphatic hydroxyl groups is 1. The summed E-state index contributed by atoms with van der Waals surface area (Å²) >= 11 is 0. The van der Waals surface area contributed by atoms with Gasteiger partial charge in [0.1, 0.15) is 0 Å². The van der Waals surface area contributed by atoms with Crippen molar-refractivity contribution in [2.45, 2.75) is 19.0 Å². The van der Waals surface area contributed by atoms with Crippen LogP contribution in [-0.4, -0.2) is 66.5 Å². The number of rotatable bonds is 5. The molecular formula is C15H24N2O3. The van der Waals surface area contributed by atoms with Crippen LogP contribution in [-0.2, 0) is 6.54 Å². The van der Waals surface area contributed by atoms with Crippen molar-refractivity contribution in [3.8, 4) is 11.5 Å². The number of hydrogen-bond acceptors (Lipinski definition) is 5. The summed E-state index contributed by atoms with van der Waals surface area (Å²) < 4.78 is 5.05. The van der Waals surface area contributed by atoms with Crippen LogP contribution in [0, 0.1) is 0 Å². The first-order valence-corrected chi connectivity index (χ1v) is 7.03. The van der Waals surface area contributed by atoms with E-state index in [0.29, 0.717) is 11.8 Å². The molecule has 2 rings (SSSR count). The number of phenols is 1. The molecule has 112 valence electrons. The molecule has 20 heavy (non-hydrogen) atoms. The Morgan fingerprint density at radius 3 is 2.80 bits per heavy atom. The molecule has 2 N–H and O–H groups in total. The second-order valence-corrected chi connectivity index (χ2v) is 5.39. The summed E-state index contributed by atoms with van der Waals surface area (Å²) in [6.07, 6.45) is 0.806. The molecule has 1 heterocycles. The van der Waals surface area contributed by atoms with E-state index in [4.69, 9.17) is 9.84 Å². The maximum absolute atomic E-state index is 9.81. The fraction of sp³-hybridized carbons (Fsp3) is 0.600. The molecule has 1 aromatic rings. The van der Waals surface area contributed by atoms with Crippen molar-refractivity contribution in [3.05, 3.63) is 23.8 Å². The van der Waals surface area contributed by atoms with E-state index in [-0.39, 0.29) is 12.4 Å². The minimum Gasteiger partial charge on any atom is -0.504 e. The Hall–Kier alpha value is -1.30. The van der Waals surface area contributed by atoms with Crippen LogP contribution in [0.3, 0.4) is 0 Å². The number of methoxy groups -OCH3 is 1. The van der Waals surface area contributed by atoms with Crippen LogP contribution in [0.25, 0.3) is 0 Å². The normalized spacial score (nSPS) is 21.1. The standard InChI is InChI=1S/C15H24N2O3/c1-16-6-7-17(11-13(16)5-8-18)10-12-3-4-15(20-2)14(19)9-12/h3-4,9,13,18-19H,5-8,10-11H2,1-2H3/t13-/m1/s1. The Bertz CT molecular complexity index is 439. The van der Waals surface area contributed by atoms with Crippen molar-refractivity contribution in [1.82, 2.24) is 9.80 Å². The lowest BCUT2D eigenvalue weighted by atomic mass is 10.1. The van der Waals surface area contributed by atoms with E-state index in [1.807, 2.05) is 6.07 Å². The smallest absolute Gasteiger partial charge is 0.160 e. The summed E-state index contributed by atoms with van der Waals surface area (Å²) in [5, 5.41) is 18.9. The quantitative estimate of drug-likeness (QED) is 0.839. The summed E-state index contributed by atoms with van der Waals surface area (Å²) in [7, 11) is 3.66. The average molecular weight is 280 g/mol. The molecule has 1 saturated heterocycles. The topological polar surface area (TPSA) is 56.2 Å². The number of nitrogens with zero attached hydrogens (tertiary/aromatic N) is 2. The summed E-state index contributed by atoms with van der Waals surface area (Å²) in [5.74, 6) is 0.691. The number of ether oxygens (including phenoxy) is 1. The van der Waals surface area contributed by atoms with Gasteiger partial charge in [0.15, 0.2) is 11.5 Å². The first-order chi connectivity index (χ1) is 9.63. The largest absolute Gasteiger partial charge is 0.504 e. The van der Waals surface area contributed by atoms with Gasteiger partial charge in [0.2, 0.25) is 0 Å². The van der Waals surface area contributed by atoms with Gasteiger partial charge in [-0.15, -0.1) is 0 Å². The Kier molecular flexibility index (Phi) is 5.23. The van der Waals surface area contributed by atoms with Crippen LogP contribution < -0.4 is 4.74 Å². The summed E-state index contributed by atoms with van der Waals surface area (Å²) in [6, 6.07) is 5.95. The summed E-state index contributed by atoms with van der Waals surface area (Å²) in [4.78, 5) is 4.67. The third-order valence-corrected chi connectivity index (χ3v) is 3.97. The molecule has 5 heteroatoms. The van der Waals surface area contributed by atoms with Gasteiger partial charge in [-0.1, -0.05) is 6.07 Å². The lowest BCUT2D eigenvalue weighted by molar-refractivity contribution is 0.0742. The maximum Gasteiger partial charge on any atom is 0.160 e. The van der Waals surface area contributed by atoms with Crippen molar-refractivity contribution < 1.29 is 14.9 Å². The number of piperazine rings is 1. The number of aliphatic hydroxyl groups excluding tert-OH is 1. The van der Waals surface area contributed by atoms with E-state index in [2.05, 4.69) is 16.8 Å². The Morgan fingerprint density at radius 1 is 1.35 bits per heavy atom. The van der Waals surface area contributed by atoms with Gasteiger partial charge in [-0.3, -0.25) is 4.90 Å². The van der Waals surface area contributed by atoms with Crippen molar-refractivity contribution >= 4 is 0 Å². The van der Waals surface area contributed by atoms with E-state index >= 15 is 0 Å². The summed E-state index contributed by atoms with van der Waals surface area (Å²) in [6.45, 7) is 4.00. The number of phenolic OH excluding ortho intramolecular Hbond substituents is 1. The van der Waals surface area contributed by atoms with Gasteiger partial charge in [0, 0.05) is 38.8 Å². The number of benzene rings is 1. The molecule has 1 aliphatic heterocycles. The van der Waals surface area contributed by atoms with Gasteiger partial charge >= 0.3 is 0 Å². The van der Waals surface area contributed by atoms with Crippen LogP contribution >= 0.6 is 0 Å². The van der Waals surface area contributed by atoms with Crippen LogP contribution in [0.1, 0.15) is 12.0 Å².